The molecule has 5 nitrogen and oxygen atoms in total. The van der Waals surface area contributed by atoms with Crippen molar-refractivity contribution in [3.63, 3.8) is 0 Å². The van der Waals surface area contributed by atoms with Crippen molar-refractivity contribution in [1.82, 2.24) is 5.32 Å². The normalized spacial score (nSPS) is 6.75. The average molecular weight is 228 g/mol. The monoisotopic (exact) mass is 227 g/mol. The molecule has 0 saturated carbocycles. The fourth-order valence-electron chi connectivity index (χ4n) is 0.131. The van der Waals surface area contributed by atoms with Crippen LogP contribution in [0.15, 0.2) is 0 Å². The van der Waals surface area contributed by atoms with Crippen LogP contribution in [0.4, 0.5) is 4.79 Å². The molecule has 0 spiro atoms. The third kappa shape index (κ3) is 22.8. The first-order valence-electron chi connectivity index (χ1n) is 2.40. The number of amides is 1. The molecule has 12 heavy (non-hydrogen) atoms. The Balaban J connectivity index is 0. The molecule has 0 atom stereocenters. The topological polar surface area (TPSA) is 88.1 Å². The molecule has 0 aromatic heterocycles. The Morgan fingerprint density at radius 3 is 2.58 bits per heavy atom. The van der Waals surface area contributed by atoms with E-state index in [4.69, 9.17) is 21.7 Å². The van der Waals surface area contributed by atoms with Crippen LogP contribution in [-0.2, 0) is 4.74 Å². The number of carbonyl (C=O) groups is 1. The van der Waals surface area contributed by atoms with E-state index in [1.165, 1.54) is 0 Å². The van der Waals surface area contributed by atoms with Gasteiger partial charge < -0.3 is 10.5 Å². The number of nitrogens with zero attached hydrogens (tertiary/aromatic N) is 1. The molecule has 0 saturated heterocycles. The molecule has 0 aromatic rings. The van der Waals surface area contributed by atoms with E-state index in [-0.39, 0.29) is 11.2 Å². The maximum absolute atomic E-state index is 9.09. The van der Waals surface area contributed by atoms with Gasteiger partial charge >= 0.3 is 0 Å². The summed E-state index contributed by atoms with van der Waals surface area (Å²) in [7, 11) is 0. The lowest BCUT2D eigenvalue weighted by Crippen LogP contribution is -2.17. The van der Waals surface area contributed by atoms with Crippen LogP contribution in [0.5, 0.6) is 0 Å². The van der Waals surface area contributed by atoms with Gasteiger partial charge in [-0.15, -0.1) is 0 Å². The van der Waals surface area contributed by atoms with Crippen molar-refractivity contribution in [1.29, 1.82) is 5.26 Å². The van der Waals surface area contributed by atoms with Gasteiger partial charge in [0.05, 0.1) is 0 Å². The van der Waals surface area contributed by atoms with Gasteiger partial charge in [-0.25, -0.2) is 0 Å². The summed E-state index contributed by atoms with van der Waals surface area (Å²) in [4.78, 5) is 9.09. The zero-order valence-electron chi connectivity index (χ0n) is 5.78. The first-order valence-corrected chi connectivity index (χ1v) is 3.79. The highest BCUT2D eigenvalue weighted by Gasteiger charge is 1.88. The van der Waals surface area contributed by atoms with E-state index in [2.05, 4.69) is 40.6 Å². The standard InChI is InChI=1S/C3H3ClN2OS.CH3NOS/c4-1-7-3(8)6-2-5;2-1(3)4/h1H2,(H,6,8);(H3,2,3,4). The highest BCUT2D eigenvalue weighted by atomic mass is 35.5. The van der Waals surface area contributed by atoms with Crippen molar-refractivity contribution in [2.24, 2.45) is 5.73 Å². The number of rotatable bonds is 1. The predicted molar refractivity (Wildman–Crippen MR) is 51.7 cm³/mol. The number of hydrogen-bond donors (Lipinski definition) is 3. The summed E-state index contributed by atoms with van der Waals surface area (Å²) in [6, 6.07) is -0.0342. The molecule has 0 unspecified atom stereocenters. The molecule has 0 heterocycles. The predicted octanol–water partition coefficient (Wildman–Crippen LogP) is 0.550. The first-order chi connectivity index (χ1) is 5.54. The van der Waals surface area contributed by atoms with Crippen molar-refractivity contribution >= 4 is 46.9 Å². The molecular weight excluding hydrogens is 222 g/mol. The molecule has 0 fully saturated rings. The number of carbonyl (C=O) groups excluding carboxylic acids is 1. The number of nitriles is 1. The van der Waals surface area contributed by atoms with E-state index in [9.17, 15) is 0 Å². The zero-order chi connectivity index (χ0) is 9.98. The highest BCUT2D eigenvalue weighted by Crippen LogP contribution is 1.79. The maximum atomic E-state index is 9.09. The van der Waals surface area contributed by atoms with Crippen molar-refractivity contribution in [2.45, 2.75) is 0 Å². The minimum Gasteiger partial charge on any atom is -0.454 e. The summed E-state index contributed by atoms with van der Waals surface area (Å²) < 4.78 is 4.45. The molecule has 0 radical (unpaired) electrons. The van der Waals surface area contributed by atoms with Gasteiger partial charge in [0.15, 0.2) is 12.3 Å². The Morgan fingerprint density at radius 1 is 1.92 bits per heavy atom. The number of primary amides is 1. The van der Waals surface area contributed by atoms with Crippen molar-refractivity contribution in [3.05, 3.63) is 0 Å². The number of hydrogen-bond acceptors (Lipinski definition) is 4. The Morgan fingerprint density at radius 2 is 2.33 bits per heavy atom. The number of halogens is 1. The smallest absolute Gasteiger partial charge is 0.273 e. The Kier molecular flexibility index (Phi) is 11.9. The van der Waals surface area contributed by atoms with Crippen LogP contribution in [0.2, 0.25) is 0 Å². The number of nitrogens with two attached hydrogens (primary N) is 1. The third-order valence-electron chi connectivity index (χ3n) is 0.344. The lowest BCUT2D eigenvalue weighted by molar-refractivity contribution is 0.267. The minimum absolute atomic E-state index is 0.00231. The van der Waals surface area contributed by atoms with Gasteiger partial charge in [0.25, 0.3) is 10.4 Å². The van der Waals surface area contributed by atoms with Gasteiger partial charge in [-0.3, -0.25) is 10.1 Å². The number of thiol groups is 1. The zero-order valence-corrected chi connectivity index (χ0v) is 8.25. The SMILES string of the molecule is N#CNC(=S)OCCl.NC(=O)S. The molecule has 0 rings (SSSR count). The van der Waals surface area contributed by atoms with Gasteiger partial charge in [-0.05, 0) is 12.2 Å². The summed E-state index contributed by atoms with van der Waals surface area (Å²) in [6.45, 7) is 0. The van der Waals surface area contributed by atoms with E-state index in [1.807, 2.05) is 0 Å². The Labute approximate surface area is 85.2 Å². The Bertz CT molecular complexity index is 189. The molecule has 3 N–H and O–H groups in total. The summed E-state index contributed by atoms with van der Waals surface area (Å²) in [5.41, 5.74) is 4.34. The van der Waals surface area contributed by atoms with E-state index in [0.717, 1.165) is 0 Å². The van der Waals surface area contributed by atoms with Crippen LogP contribution in [0.1, 0.15) is 0 Å². The summed E-state index contributed by atoms with van der Waals surface area (Å²) in [6.07, 6.45) is 1.58. The van der Waals surface area contributed by atoms with Gasteiger partial charge in [0, 0.05) is 0 Å². The lowest BCUT2D eigenvalue weighted by atomic mass is 11.1. The molecule has 0 aliphatic carbocycles. The molecule has 0 bridgehead atoms. The summed E-state index contributed by atoms with van der Waals surface area (Å²) in [5.74, 6) is 0. The van der Waals surface area contributed by atoms with Crippen LogP contribution in [0, 0.1) is 11.5 Å². The maximum Gasteiger partial charge on any atom is 0.273 e. The van der Waals surface area contributed by atoms with Crippen LogP contribution in [-0.4, -0.2) is 16.5 Å². The minimum atomic E-state index is -0.639. The highest BCUT2D eigenvalue weighted by molar-refractivity contribution is 7.96. The quantitative estimate of drug-likeness (QED) is 0.200. The summed E-state index contributed by atoms with van der Waals surface area (Å²) >= 11 is 12.6. The molecular formula is C4H6ClN3O2S2. The fraction of sp³-hybridized carbons (Fsp3) is 0.250. The molecule has 0 aliphatic heterocycles. The Hall–Kier alpha value is -0.710. The van der Waals surface area contributed by atoms with Crippen LogP contribution < -0.4 is 11.1 Å². The van der Waals surface area contributed by atoms with Crippen molar-refractivity contribution < 1.29 is 9.53 Å². The van der Waals surface area contributed by atoms with Crippen molar-refractivity contribution in [3.8, 4) is 6.19 Å². The largest absolute Gasteiger partial charge is 0.454 e. The molecule has 8 heteroatoms. The second-order valence-electron chi connectivity index (χ2n) is 1.12. The first kappa shape index (κ1) is 13.9. The average Bonchev–Trinajstić information content (AvgIpc) is 1.87. The van der Waals surface area contributed by atoms with Crippen LogP contribution >= 0.6 is 36.4 Å². The second-order valence-corrected chi connectivity index (χ2v) is 2.15. The van der Waals surface area contributed by atoms with Gasteiger partial charge in [-0.1, -0.05) is 24.2 Å². The van der Waals surface area contributed by atoms with Crippen LogP contribution in [0.3, 0.4) is 0 Å². The molecule has 68 valence electrons. The van der Waals surface area contributed by atoms with E-state index < -0.39 is 5.24 Å². The van der Waals surface area contributed by atoms with Gasteiger partial charge in [0.1, 0.15) is 0 Å². The van der Waals surface area contributed by atoms with E-state index in [1.54, 1.807) is 6.19 Å². The lowest BCUT2D eigenvalue weighted by Gasteiger charge is -1.96. The van der Waals surface area contributed by atoms with Gasteiger partial charge in [0.2, 0.25) is 0 Å². The van der Waals surface area contributed by atoms with Crippen LogP contribution in [0.25, 0.3) is 0 Å². The number of alkyl halides is 1. The molecule has 0 aliphatic rings. The second kappa shape index (κ2) is 10.3. The number of ether oxygens (including phenoxy) is 1. The number of thiocarbonyl (C=S) groups is 1. The fourth-order valence-corrected chi connectivity index (χ4v) is 0.410. The van der Waals surface area contributed by atoms with Crippen molar-refractivity contribution in [2.75, 3.05) is 6.07 Å². The van der Waals surface area contributed by atoms with Gasteiger partial charge in [-0.2, -0.15) is 5.26 Å². The molecule has 1 amide bonds. The molecule has 0 aromatic carbocycles. The van der Waals surface area contributed by atoms with E-state index >= 15 is 0 Å². The van der Waals surface area contributed by atoms with E-state index in [0.29, 0.717) is 0 Å². The number of nitrogens with one attached hydrogen (secondary N) is 1. The summed E-state index contributed by atoms with van der Waals surface area (Å²) in [5, 5.41) is 9.33. The third-order valence-corrected chi connectivity index (χ3v) is 0.673.